The number of hydrogen-bond donors (Lipinski definition) is 1. The van der Waals surface area contributed by atoms with Crippen LogP contribution in [0.25, 0.3) is 11.1 Å². The number of carbonyl (C=O) groups excluding carboxylic acids is 2. The van der Waals surface area contributed by atoms with Crippen molar-refractivity contribution in [1.82, 2.24) is 0 Å². The Balaban J connectivity index is 1.53. The lowest BCUT2D eigenvalue weighted by atomic mass is 10.0. The van der Waals surface area contributed by atoms with Gasteiger partial charge in [-0.3, -0.25) is 9.59 Å². The Morgan fingerprint density at radius 2 is 1.66 bits per heavy atom. The van der Waals surface area contributed by atoms with Crippen molar-refractivity contribution in [1.29, 1.82) is 0 Å². The van der Waals surface area contributed by atoms with E-state index < -0.39 is 0 Å². The van der Waals surface area contributed by atoms with Crippen molar-refractivity contribution in [3.63, 3.8) is 0 Å². The van der Waals surface area contributed by atoms with E-state index in [0.717, 1.165) is 34.5 Å². The second-order valence-electron chi connectivity index (χ2n) is 7.29. The van der Waals surface area contributed by atoms with Crippen LogP contribution < -0.4 is 10.2 Å². The normalized spacial score (nSPS) is 16.1. The van der Waals surface area contributed by atoms with Gasteiger partial charge in [0.05, 0.1) is 5.92 Å². The molecule has 3 aromatic rings. The summed E-state index contributed by atoms with van der Waals surface area (Å²) in [5.74, 6) is -0.475. The number of aryl methyl sites for hydroxylation is 1. The third kappa shape index (κ3) is 3.92. The second kappa shape index (κ2) is 8.31. The van der Waals surface area contributed by atoms with Crippen LogP contribution in [0.3, 0.4) is 0 Å². The number of nitrogens with one attached hydrogen (secondary N) is 1. The van der Waals surface area contributed by atoms with E-state index in [4.69, 9.17) is 0 Å². The fourth-order valence-electron chi connectivity index (χ4n) is 3.89. The lowest BCUT2D eigenvalue weighted by Gasteiger charge is -2.20. The number of anilines is 2. The average molecular weight is 384 g/mol. The molecule has 4 heteroatoms. The maximum atomic E-state index is 13.0. The van der Waals surface area contributed by atoms with Gasteiger partial charge in [-0.05, 0) is 29.7 Å². The molecule has 1 atom stereocenters. The number of hydrogen-bond acceptors (Lipinski definition) is 2. The molecule has 1 unspecified atom stereocenters. The first-order chi connectivity index (χ1) is 14.2. The minimum absolute atomic E-state index is 0.00222. The van der Waals surface area contributed by atoms with E-state index in [1.165, 1.54) is 0 Å². The van der Waals surface area contributed by atoms with Gasteiger partial charge in [0, 0.05) is 29.9 Å². The molecule has 0 radical (unpaired) electrons. The van der Waals surface area contributed by atoms with Gasteiger partial charge in [0.15, 0.2) is 0 Å². The lowest BCUT2D eigenvalue weighted by Crippen LogP contribution is -2.28. The third-order valence-corrected chi connectivity index (χ3v) is 5.43. The summed E-state index contributed by atoms with van der Waals surface area (Å²) in [5.41, 5.74) is 4.82. The summed E-state index contributed by atoms with van der Waals surface area (Å²) in [7, 11) is 0. The Kier molecular flexibility index (Phi) is 5.43. The highest BCUT2D eigenvalue weighted by Crippen LogP contribution is 2.31. The number of nitrogens with zero attached hydrogens (tertiary/aromatic N) is 1. The van der Waals surface area contributed by atoms with Crippen LogP contribution >= 0.6 is 0 Å². The number of amides is 2. The predicted octanol–water partition coefficient (Wildman–Crippen LogP) is 4.91. The van der Waals surface area contributed by atoms with Crippen molar-refractivity contribution >= 4 is 23.2 Å². The summed E-state index contributed by atoms with van der Waals surface area (Å²) in [6.45, 7) is 2.49. The van der Waals surface area contributed by atoms with Gasteiger partial charge < -0.3 is 10.2 Å². The minimum atomic E-state index is -0.365. The maximum absolute atomic E-state index is 13.0. The lowest BCUT2D eigenvalue weighted by molar-refractivity contribution is -0.122. The molecule has 0 spiro atoms. The largest absolute Gasteiger partial charge is 0.325 e. The Morgan fingerprint density at radius 1 is 0.966 bits per heavy atom. The molecule has 4 nitrogen and oxygen atoms in total. The Hall–Kier alpha value is -3.40. The number of carbonyl (C=O) groups is 2. The molecule has 146 valence electrons. The molecule has 1 aliphatic heterocycles. The first kappa shape index (κ1) is 18.9. The van der Waals surface area contributed by atoms with Crippen LogP contribution in [0.5, 0.6) is 0 Å². The summed E-state index contributed by atoms with van der Waals surface area (Å²) in [6, 6.07) is 25.6. The maximum Gasteiger partial charge on any atom is 0.229 e. The monoisotopic (exact) mass is 384 g/mol. The number of rotatable bonds is 5. The van der Waals surface area contributed by atoms with Gasteiger partial charge >= 0.3 is 0 Å². The van der Waals surface area contributed by atoms with Gasteiger partial charge in [-0.25, -0.2) is 0 Å². The fraction of sp³-hybridized carbons (Fsp3) is 0.200. The van der Waals surface area contributed by atoms with Crippen LogP contribution in [0.15, 0.2) is 78.9 Å². The van der Waals surface area contributed by atoms with Crippen LogP contribution in [0, 0.1) is 5.92 Å². The minimum Gasteiger partial charge on any atom is -0.325 e. The summed E-state index contributed by atoms with van der Waals surface area (Å²) in [4.78, 5) is 27.4. The second-order valence-corrected chi connectivity index (χ2v) is 7.29. The molecule has 1 saturated heterocycles. The number of benzene rings is 3. The summed E-state index contributed by atoms with van der Waals surface area (Å²) in [6.07, 6.45) is 1.08. The van der Waals surface area contributed by atoms with E-state index in [9.17, 15) is 9.59 Å². The van der Waals surface area contributed by atoms with Crippen molar-refractivity contribution in [2.24, 2.45) is 5.92 Å². The van der Waals surface area contributed by atoms with Gasteiger partial charge in [-0.1, -0.05) is 73.7 Å². The molecule has 0 saturated carbocycles. The topological polar surface area (TPSA) is 49.4 Å². The van der Waals surface area contributed by atoms with E-state index in [1.54, 1.807) is 4.90 Å². The van der Waals surface area contributed by atoms with Crippen LogP contribution in [0.1, 0.15) is 18.9 Å². The Bertz CT molecular complexity index is 1030. The molecule has 3 aromatic carbocycles. The predicted molar refractivity (Wildman–Crippen MR) is 117 cm³/mol. The van der Waals surface area contributed by atoms with Crippen molar-refractivity contribution in [3.8, 4) is 11.1 Å². The molecule has 1 heterocycles. The van der Waals surface area contributed by atoms with E-state index in [2.05, 4.69) is 12.2 Å². The van der Waals surface area contributed by atoms with E-state index >= 15 is 0 Å². The molecule has 2 amide bonds. The highest BCUT2D eigenvalue weighted by atomic mass is 16.2. The molecule has 4 rings (SSSR count). The van der Waals surface area contributed by atoms with Gasteiger partial charge in [0.2, 0.25) is 11.8 Å². The quantitative estimate of drug-likeness (QED) is 0.680. The molecule has 1 fully saturated rings. The molecule has 0 aromatic heterocycles. The summed E-state index contributed by atoms with van der Waals surface area (Å²) >= 11 is 0. The van der Waals surface area contributed by atoms with E-state index in [1.807, 2.05) is 78.9 Å². The molecule has 1 aliphatic rings. The molecule has 0 bridgehead atoms. The van der Waals surface area contributed by atoms with E-state index in [0.29, 0.717) is 6.54 Å². The van der Waals surface area contributed by atoms with Gasteiger partial charge in [-0.15, -0.1) is 0 Å². The van der Waals surface area contributed by atoms with Crippen molar-refractivity contribution in [2.45, 2.75) is 19.8 Å². The number of para-hydroxylation sites is 2. The van der Waals surface area contributed by atoms with Crippen LogP contribution in [-0.4, -0.2) is 18.4 Å². The van der Waals surface area contributed by atoms with Crippen molar-refractivity contribution in [3.05, 3.63) is 84.4 Å². The highest BCUT2D eigenvalue weighted by molar-refractivity contribution is 6.05. The van der Waals surface area contributed by atoms with Crippen LogP contribution in [-0.2, 0) is 16.0 Å². The zero-order valence-electron chi connectivity index (χ0n) is 16.5. The summed E-state index contributed by atoms with van der Waals surface area (Å²) < 4.78 is 0. The molecular formula is C25H24N2O2. The standard InChI is InChI=1S/C25H24N2O2/c1-2-18-10-6-9-15-23(18)27-17-20(16-24(27)28)25(29)26-22-14-8-7-13-21(22)19-11-4-3-5-12-19/h3-15,20H,2,16-17H2,1H3,(H,26,29). The molecule has 1 N–H and O–H groups in total. The first-order valence-electron chi connectivity index (χ1n) is 10.0. The molecular weight excluding hydrogens is 360 g/mol. The van der Waals surface area contributed by atoms with Gasteiger partial charge in [0.1, 0.15) is 0 Å². The smallest absolute Gasteiger partial charge is 0.229 e. The molecule has 29 heavy (non-hydrogen) atoms. The van der Waals surface area contributed by atoms with E-state index in [-0.39, 0.29) is 24.2 Å². The Labute approximate surface area is 171 Å². The van der Waals surface area contributed by atoms with Gasteiger partial charge in [0.25, 0.3) is 0 Å². The zero-order chi connectivity index (χ0) is 20.2. The highest BCUT2D eigenvalue weighted by Gasteiger charge is 2.36. The molecule has 0 aliphatic carbocycles. The fourth-order valence-corrected chi connectivity index (χ4v) is 3.89. The Morgan fingerprint density at radius 3 is 2.45 bits per heavy atom. The first-order valence-corrected chi connectivity index (χ1v) is 10.0. The SMILES string of the molecule is CCc1ccccc1N1CC(C(=O)Nc2ccccc2-c2ccccc2)CC1=O. The van der Waals surface area contributed by atoms with Crippen molar-refractivity contribution < 1.29 is 9.59 Å². The average Bonchev–Trinajstić information content (AvgIpc) is 3.16. The van der Waals surface area contributed by atoms with Crippen LogP contribution in [0.4, 0.5) is 11.4 Å². The summed E-state index contributed by atoms with van der Waals surface area (Å²) in [5, 5.41) is 3.05. The zero-order valence-corrected chi connectivity index (χ0v) is 16.5. The van der Waals surface area contributed by atoms with Crippen LogP contribution in [0.2, 0.25) is 0 Å². The third-order valence-electron chi connectivity index (χ3n) is 5.43. The van der Waals surface area contributed by atoms with Crippen molar-refractivity contribution in [2.75, 3.05) is 16.8 Å². The van der Waals surface area contributed by atoms with Gasteiger partial charge in [-0.2, -0.15) is 0 Å².